The van der Waals surface area contributed by atoms with E-state index >= 15 is 0 Å². The molecule has 0 atom stereocenters. The lowest BCUT2D eigenvalue weighted by atomic mass is 10.2. The molecule has 0 bridgehead atoms. The standard InChI is InChI=1S/C20H26N2O4/c1-16(2)19(24)26-15-9-4-3-8-13-22-18(23)12-14-21(20(22)25)17-10-6-5-7-11-17/h5-7,10-12,14,16H,3-4,8-9,13,15H2,1-2H3. The molecular formula is C20H26N2O4. The first-order valence-corrected chi connectivity index (χ1v) is 9.05. The summed E-state index contributed by atoms with van der Waals surface area (Å²) in [6, 6.07) is 10.7. The second-order valence-corrected chi connectivity index (χ2v) is 6.53. The number of rotatable bonds is 9. The lowest BCUT2D eigenvalue weighted by molar-refractivity contribution is -0.147. The van der Waals surface area contributed by atoms with E-state index in [-0.39, 0.29) is 23.1 Å². The number of hydrogen-bond acceptors (Lipinski definition) is 4. The Hall–Kier alpha value is -2.63. The van der Waals surface area contributed by atoms with Gasteiger partial charge in [-0.15, -0.1) is 0 Å². The Labute approximate surface area is 153 Å². The van der Waals surface area contributed by atoms with Crippen LogP contribution in [0.3, 0.4) is 0 Å². The molecule has 0 saturated heterocycles. The number of unbranched alkanes of at least 4 members (excludes halogenated alkanes) is 3. The topological polar surface area (TPSA) is 70.3 Å². The van der Waals surface area contributed by atoms with E-state index in [2.05, 4.69) is 0 Å². The molecule has 0 aliphatic carbocycles. The van der Waals surface area contributed by atoms with E-state index in [0.29, 0.717) is 13.2 Å². The van der Waals surface area contributed by atoms with Gasteiger partial charge in [0.15, 0.2) is 0 Å². The zero-order chi connectivity index (χ0) is 18.9. The summed E-state index contributed by atoms with van der Waals surface area (Å²) < 4.78 is 7.87. The molecule has 6 nitrogen and oxygen atoms in total. The summed E-state index contributed by atoms with van der Waals surface area (Å²) in [6.07, 6.45) is 4.78. The maximum absolute atomic E-state index is 12.6. The summed E-state index contributed by atoms with van der Waals surface area (Å²) in [5, 5.41) is 0. The van der Waals surface area contributed by atoms with Gasteiger partial charge in [-0.2, -0.15) is 0 Å². The largest absolute Gasteiger partial charge is 0.465 e. The fourth-order valence-corrected chi connectivity index (χ4v) is 2.57. The van der Waals surface area contributed by atoms with Crippen molar-refractivity contribution in [3.63, 3.8) is 0 Å². The molecule has 0 saturated carbocycles. The van der Waals surface area contributed by atoms with Crippen LogP contribution < -0.4 is 11.2 Å². The summed E-state index contributed by atoms with van der Waals surface area (Å²) in [5.41, 5.74) is 0.126. The van der Waals surface area contributed by atoms with Crippen molar-refractivity contribution >= 4 is 5.97 Å². The molecule has 2 aromatic rings. The van der Waals surface area contributed by atoms with Gasteiger partial charge in [0.1, 0.15) is 0 Å². The first-order valence-electron chi connectivity index (χ1n) is 9.05. The van der Waals surface area contributed by atoms with Crippen LogP contribution in [0.5, 0.6) is 0 Å². The van der Waals surface area contributed by atoms with Gasteiger partial charge in [-0.1, -0.05) is 38.5 Å². The van der Waals surface area contributed by atoms with Gasteiger partial charge in [0.05, 0.1) is 18.2 Å². The molecule has 140 valence electrons. The minimum absolute atomic E-state index is 0.105. The second kappa shape index (κ2) is 9.75. The highest BCUT2D eigenvalue weighted by molar-refractivity contribution is 5.71. The van der Waals surface area contributed by atoms with E-state index < -0.39 is 0 Å². The molecule has 1 aromatic heterocycles. The molecular weight excluding hydrogens is 332 g/mol. The molecule has 0 radical (unpaired) electrons. The maximum atomic E-state index is 12.6. The highest BCUT2D eigenvalue weighted by Crippen LogP contribution is 2.04. The van der Waals surface area contributed by atoms with Gasteiger partial charge in [0.2, 0.25) is 0 Å². The second-order valence-electron chi connectivity index (χ2n) is 6.53. The van der Waals surface area contributed by atoms with Gasteiger partial charge in [-0.05, 0) is 31.4 Å². The Bertz CT molecular complexity index is 822. The number of para-hydroxylation sites is 1. The van der Waals surface area contributed by atoms with Crippen molar-refractivity contribution in [3.05, 3.63) is 63.4 Å². The van der Waals surface area contributed by atoms with Crippen molar-refractivity contribution in [2.75, 3.05) is 6.61 Å². The molecule has 6 heteroatoms. The zero-order valence-electron chi connectivity index (χ0n) is 15.4. The third-order valence-corrected chi connectivity index (χ3v) is 4.10. The van der Waals surface area contributed by atoms with Gasteiger partial charge in [0, 0.05) is 18.8 Å². The Balaban J connectivity index is 1.86. The Morgan fingerprint density at radius 3 is 2.38 bits per heavy atom. The quantitative estimate of drug-likeness (QED) is 0.510. The molecule has 0 unspecified atom stereocenters. The number of esters is 1. The maximum Gasteiger partial charge on any atom is 0.335 e. The third-order valence-electron chi connectivity index (χ3n) is 4.10. The van der Waals surface area contributed by atoms with Crippen molar-refractivity contribution in [1.29, 1.82) is 0 Å². The smallest absolute Gasteiger partial charge is 0.335 e. The van der Waals surface area contributed by atoms with Crippen molar-refractivity contribution in [1.82, 2.24) is 9.13 Å². The third kappa shape index (κ3) is 5.44. The summed E-state index contributed by atoms with van der Waals surface area (Å²) in [5.74, 6) is -0.283. The highest BCUT2D eigenvalue weighted by Gasteiger charge is 2.08. The molecule has 0 aliphatic heterocycles. The van der Waals surface area contributed by atoms with Gasteiger partial charge >= 0.3 is 11.7 Å². The molecule has 2 rings (SSSR count). The first kappa shape index (κ1) is 19.7. The summed E-state index contributed by atoms with van der Waals surface area (Å²) >= 11 is 0. The van der Waals surface area contributed by atoms with Crippen LogP contribution >= 0.6 is 0 Å². The van der Waals surface area contributed by atoms with Gasteiger partial charge in [0.25, 0.3) is 5.56 Å². The van der Waals surface area contributed by atoms with Gasteiger partial charge in [-0.3, -0.25) is 18.7 Å². The van der Waals surface area contributed by atoms with Crippen LogP contribution in [0.4, 0.5) is 0 Å². The normalized spacial score (nSPS) is 10.9. The summed E-state index contributed by atoms with van der Waals surface area (Å²) in [4.78, 5) is 35.9. The first-order chi connectivity index (χ1) is 12.5. The predicted molar refractivity (Wildman–Crippen MR) is 101 cm³/mol. The number of nitrogens with zero attached hydrogens (tertiary/aromatic N) is 2. The fourth-order valence-electron chi connectivity index (χ4n) is 2.57. The van der Waals surface area contributed by atoms with E-state index in [1.807, 2.05) is 44.2 Å². The monoisotopic (exact) mass is 358 g/mol. The molecule has 26 heavy (non-hydrogen) atoms. The molecule has 1 heterocycles. The van der Waals surface area contributed by atoms with Crippen LogP contribution in [0.15, 0.2) is 52.2 Å². The molecule has 0 aliphatic rings. The number of aromatic nitrogens is 2. The van der Waals surface area contributed by atoms with E-state index in [0.717, 1.165) is 31.4 Å². The van der Waals surface area contributed by atoms with Crippen molar-refractivity contribution in [2.24, 2.45) is 5.92 Å². The molecule has 0 amide bonds. The van der Waals surface area contributed by atoms with Crippen molar-refractivity contribution in [2.45, 2.75) is 46.1 Å². The van der Waals surface area contributed by atoms with E-state index in [1.54, 1.807) is 0 Å². The lowest BCUT2D eigenvalue weighted by Gasteiger charge is -2.10. The average Bonchev–Trinajstić information content (AvgIpc) is 2.63. The Morgan fingerprint density at radius 2 is 1.69 bits per heavy atom. The van der Waals surface area contributed by atoms with E-state index in [4.69, 9.17) is 4.74 Å². The summed E-state index contributed by atoms with van der Waals surface area (Å²) in [7, 11) is 0. The fraction of sp³-hybridized carbons (Fsp3) is 0.450. The minimum atomic E-state index is -0.324. The highest BCUT2D eigenvalue weighted by atomic mass is 16.5. The average molecular weight is 358 g/mol. The number of carbonyl (C=O) groups excluding carboxylic acids is 1. The molecule has 0 fully saturated rings. The van der Waals surface area contributed by atoms with Crippen molar-refractivity contribution in [3.8, 4) is 5.69 Å². The summed E-state index contributed by atoms with van der Waals surface area (Å²) in [6.45, 7) is 4.42. The predicted octanol–water partition coefficient (Wildman–Crippen LogP) is 2.76. The van der Waals surface area contributed by atoms with Crippen molar-refractivity contribution < 1.29 is 9.53 Å². The SMILES string of the molecule is CC(C)C(=O)OCCCCCCn1c(=O)ccn(-c2ccccc2)c1=O. The Morgan fingerprint density at radius 1 is 1.00 bits per heavy atom. The van der Waals surface area contributed by atoms with Crippen LogP contribution in [0.2, 0.25) is 0 Å². The van der Waals surface area contributed by atoms with Crippen LogP contribution in [0.1, 0.15) is 39.5 Å². The zero-order valence-corrected chi connectivity index (χ0v) is 15.4. The molecule has 0 spiro atoms. The van der Waals surface area contributed by atoms with Crippen LogP contribution in [-0.2, 0) is 16.1 Å². The number of hydrogen-bond donors (Lipinski definition) is 0. The lowest BCUT2D eigenvalue weighted by Crippen LogP contribution is -2.38. The minimum Gasteiger partial charge on any atom is -0.465 e. The van der Waals surface area contributed by atoms with Crippen LogP contribution in [-0.4, -0.2) is 21.7 Å². The van der Waals surface area contributed by atoms with E-state index in [1.165, 1.54) is 21.4 Å². The molecule has 0 N–H and O–H groups in total. The van der Waals surface area contributed by atoms with E-state index in [9.17, 15) is 14.4 Å². The number of ether oxygens (including phenoxy) is 1. The van der Waals surface area contributed by atoms with Gasteiger partial charge in [-0.25, -0.2) is 4.79 Å². The van der Waals surface area contributed by atoms with Crippen LogP contribution in [0.25, 0.3) is 5.69 Å². The Kier molecular flexibility index (Phi) is 7.38. The number of benzene rings is 1. The molecule has 1 aromatic carbocycles. The van der Waals surface area contributed by atoms with Gasteiger partial charge < -0.3 is 4.74 Å². The van der Waals surface area contributed by atoms with Crippen LogP contribution in [0, 0.1) is 5.92 Å². The number of carbonyl (C=O) groups is 1.